The molecule has 0 radical (unpaired) electrons. The Morgan fingerprint density at radius 2 is 2.30 bits per heavy atom. The second kappa shape index (κ2) is 5.72. The van der Waals surface area contributed by atoms with Gasteiger partial charge in [-0.3, -0.25) is 0 Å². The van der Waals surface area contributed by atoms with Gasteiger partial charge >= 0.3 is 13.1 Å². The molecule has 7 heteroatoms. The minimum absolute atomic E-state index is 0.119. The predicted octanol–water partition coefficient (Wildman–Crippen LogP) is 2.77. The van der Waals surface area contributed by atoms with Crippen molar-refractivity contribution in [2.75, 3.05) is 6.61 Å². The summed E-state index contributed by atoms with van der Waals surface area (Å²) in [4.78, 5) is 12.5. The molecule has 0 spiro atoms. The van der Waals surface area contributed by atoms with E-state index in [4.69, 9.17) is 9.39 Å². The fraction of sp³-hybridized carbons (Fsp3) is 0.562. The molecule has 1 saturated carbocycles. The Bertz CT molecular complexity index is 646. The van der Waals surface area contributed by atoms with E-state index >= 15 is 0 Å². The molecule has 1 aromatic carbocycles. The van der Waals surface area contributed by atoms with Crippen LogP contribution in [0.3, 0.4) is 0 Å². The minimum atomic E-state index is -1.00. The van der Waals surface area contributed by atoms with Gasteiger partial charge in [-0.15, -0.1) is 11.8 Å². The van der Waals surface area contributed by atoms with Crippen molar-refractivity contribution < 1.29 is 24.3 Å². The largest absolute Gasteiger partial charge is 0.535 e. The quantitative estimate of drug-likeness (QED) is 0.651. The van der Waals surface area contributed by atoms with Gasteiger partial charge in [-0.1, -0.05) is 13.0 Å². The Balaban J connectivity index is 1.67. The van der Waals surface area contributed by atoms with Crippen LogP contribution in [0.2, 0.25) is 5.82 Å². The summed E-state index contributed by atoms with van der Waals surface area (Å²) >= 11 is 1.52. The molecule has 23 heavy (non-hydrogen) atoms. The third-order valence-electron chi connectivity index (χ3n) is 5.01. The van der Waals surface area contributed by atoms with Crippen molar-refractivity contribution in [3.63, 3.8) is 0 Å². The number of aromatic carboxylic acids is 1. The molecule has 0 amide bonds. The van der Waals surface area contributed by atoms with E-state index in [2.05, 4.69) is 6.92 Å². The first kappa shape index (κ1) is 15.4. The monoisotopic (exact) mass is 334 g/mol. The van der Waals surface area contributed by atoms with E-state index in [-0.39, 0.29) is 28.7 Å². The maximum Gasteiger partial charge on any atom is 0.526 e. The van der Waals surface area contributed by atoms with Crippen LogP contribution < -0.4 is 4.65 Å². The molecule has 4 rings (SSSR count). The van der Waals surface area contributed by atoms with Crippen molar-refractivity contribution in [3.05, 3.63) is 23.3 Å². The van der Waals surface area contributed by atoms with E-state index in [9.17, 15) is 14.9 Å². The number of hydrogen-bond acceptors (Lipinski definition) is 5. The maximum atomic E-state index is 11.8. The van der Waals surface area contributed by atoms with Crippen molar-refractivity contribution in [3.8, 4) is 5.75 Å². The van der Waals surface area contributed by atoms with E-state index < -0.39 is 13.1 Å². The lowest BCUT2D eigenvalue weighted by atomic mass is 9.77. The van der Waals surface area contributed by atoms with Crippen LogP contribution >= 0.6 is 11.8 Å². The maximum absolute atomic E-state index is 11.8. The van der Waals surface area contributed by atoms with Crippen LogP contribution in [-0.4, -0.2) is 41.2 Å². The molecule has 0 aromatic heterocycles. The molecule has 2 N–H and O–H groups in total. The molecule has 2 aliphatic heterocycles. The number of carboxylic acids is 1. The Kier molecular flexibility index (Phi) is 3.82. The van der Waals surface area contributed by atoms with Crippen LogP contribution in [0.5, 0.6) is 5.75 Å². The summed E-state index contributed by atoms with van der Waals surface area (Å²) in [5, 5.41) is 19.8. The third kappa shape index (κ3) is 2.64. The number of thioether (sulfide) groups is 1. The fourth-order valence-electron chi connectivity index (χ4n) is 3.64. The van der Waals surface area contributed by atoms with Crippen LogP contribution in [0.15, 0.2) is 17.0 Å². The lowest BCUT2D eigenvalue weighted by molar-refractivity contribution is 0.0690. The molecule has 122 valence electrons. The molecule has 1 aromatic rings. The van der Waals surface area contributed by atoms with Crippen molar-refractivity contribution in [2.45, 2.75) is 54.2 Å². The van der Waals surface area contributed by atoms with Gasteiger partial charge in [0.2, 0.25) is 0 Å². The van der Waals surface area contributed by atoms with Crippen LogP contribution in [0.1, 0.15) is 48.0 Å². The summed E-state index contributed by atoms with van der Waals surface area (Å²) in [6.45, 7) is 2.85. The summed E-state index contributed by atoms with van der Waals surface area (Å²) in [6, 6.07) is 3.84. The first-order valence-electron chi connectivity index (χ1n) is 8.09. The van der Waals surface area contributed by atoms with Crippen LogP contribution in [0, 0.1) is 0 Å². The zero-order valence-corrected chi connectivity index (χ0v) is 13.7. The van der Waals surface area contributed by atoms with E-state index in [0.29, 0.717) is 10.6 Å². The van der Waals surface area contributed by atoms with E-state index in [1.54, 1.807) is 0 Å². The van der Waals surface area contributed by atoms with Gasteiger partial charge in [-0.25, -0.2) is 4.79 Å². The van der Waals surface area contributed by atoms with Gasteiger partial charge in [-0.2, -0.15) is 0 Å². The highest BCUT2D eigenvalue weighted by Gasteiger charge is 2.54. The minimum Gasteiger partial charge on any atom is -0.535 e. The summed E-state index contributed by atoms with van der Waals surface area (Å²) in [7, 11) is -0.888. The second-order valence-electron chi connectivity index (χ2n) is 6.55. The van der Waals surface area contributed by atoms with Gasteiger partial charge in [0.25, 0.3) is 0 Å². The van der Waals surface area contributed by atoms with Crippen molar-refractivity contribution in [1.82, 2.24) is 0 Å². The fourth-order valence-corrected chi connectivity index (χ4v) is 4.86. The normalized spacial score (nSPS) is 29.5. The SMILES string of the molecule is C[C@H](Sc1ccc2c(c1C(=O)O)OB(O)[C@H]1C[C@@H]21)[C@H]1CCCO1. The number of hydrogen-bond donors (Lipinski definition) is 2. The van der Waals surface area contributed by atoms with Gasteiger partial charge in [-0.05, 0) is 36.8 Å². The molecule has 4 atom stereocenters. The zero-order valence-electron chi connectivity index (χ0n) is 12.9. The molecule has 0 unspecified atom stereocenters. The number of benzene rings is 1. The first-order valence-corrected chi connectivity index (χ1v) is 8.97. The molecule has 2 heterocycles. The van der Waals surface area contributed by atoms with E-state index in [1.165, 1.54) is 11.8 Å². The number of carboxylic acid groups (broad SMARTS) is 1. The van der Waals surface area contributed by atoms with Crippen LogP contribution in [0.25, 0.3) is 0 Å². The van der Waals surface area contributed by atoms with Gasteiger partial charge < -0.3 is 19.5 Å². The standard InChI is InChI=1S/C16H19BO5S/c1-8(12-3-2-6-21-12)23-13-5-4-9-10-7-11(10)17(20)22-15(9)14(13)16(18)19/h4-5,8,10-12,20H,2-3,6-7H2,1H3,(H,18,19)/t8-,10-,11-,12+/m0/s1. The molecule has 1 saturated heterocycles. The van der Waals surface area contributed by atoms with E-state index in [0.717, 1.165) is 31.4 Å². The predicted molar refractivity (Wildman–Crippen MR) is 87.4 cm³/mol. The second-order valence-corrected chi connectivity index (χ2v) is 7.97. The lowest BCUT2D eigenvalue weighted by Gasteiger charge is -2.24. The van der Waals surface area contributed by atoms with Gasteiger partial charge in [0.1, 0.15) is 11.3 Å². The number of ether oxygens (including phenoxy) is 1. The third-order valence-corrected chi connectivity index (χ3v) is 6.28. The number of rotatable bonds is 4. The highest BCUT2D eigenvalue weighted by atomic mass is 32.2. The Labute approximate surface area is 139 Å². The zero-order chi connectivity index (χ0) is 16.1. The highest BCUT2D eigenvalue weighted by Crippen LogP contribution is 2.60. The van der Waals surface area contributed by atoms with Gasteiger partial charge in [0, 0.05) is 22.6 Å². The number of fused-ring (bicyclic) bond motifs is 3. The van der Waals surface area contributed by atoms with E-state index in [1.807, 2.05) is 12.1 Å². The van der Waals surface area contributed by atoms with Gasteiger partial charge in [0.05, 0.1) is 6.10 Å². The molecule has 0 bridgehead atoms. The molecule has 2 fully saturated rings. The molecular formula is C16H19BO5S. The average Bonchev–Trinajstić information content (AvgIpc) is 3.13. The smallest absolute Gasteiger partial charge is 0.526 e. The first-order chi connectivity index (χ1) is 11.1. The lowest BCUT2D eigenvalue weighted by Crippen LogP contribution is -2.27. The topological polar surface area (TPSA) is 76.0 Å². The summed E-state index contributed by atoms with van der Waals surface area (Å²) in [5.74, 6) is -0.293. The van der Waals surface area contributed by atoms with Gasteiger partial charge in [0.15, 0.2) is 0 Å². The molecule has 3 aliphatic rings. The Morgan fingerprint density at radius 1 is 1.48 bits per heavy atom. The van der Waals surface area contributed by atoms with Crippen LogP contribution in [-0.2, 0) is 4.74 Å². The summed E-state index contributed by atoms with van der Waals surface area (Å²) < 4.78 is 11.3. The van der Waals surface area contributed by atoms with Crippen molar-refractivity contribution in [2.24, 2.45) is 0 Å². The molecule has 1 aliphatic carbocycles. The average molecular weight is 334 g/mol. The highest BCUT2D eigenvalue weighted by molar-refractivity contribution is 8.00. The molecule has 5 nitrogen and oxygen atoms in total. The van der Waals surface area contributed by atoms with Crippen molar-refractivity contribution in [1.29, 1.82) is 0 Å². The summed E-state index contributed by atoms with van der Waals surface area (Å²) in [5.41, 5.74) is 1.11. The Hall–Kier alpha value is -1.18. The summed E-state index contributed by atoms with van der Waals surface area (Å²) in [6.07, 6.45) is 3.10. The Morgan fingerprint density at radius 3 is 3.00 bits per heavy atom. The van der Waals surface area contributed by atoms with Crippen molar-refractivity contribution >= 4 is 24.8 Å². The van der Waals surface area contributed by atoms with Crippen LogP contribution in [0.4, 0.5) is 0 Å². The molecular weight excluding hydrogens is 315 g/mol. The number of carbonyl (C=O) groups is 1.